The van der Waals surface area contributed by atoms with Crippen molar-refractivity contribution in [3.05, 3.63) is 70.4 Å². The molecule has 1 heterocycles. The molecule has 11 heteroatoms. The molecule has 0 fully saturated rings. The predicted octanol–water partition coefficient (Wildman–Crippen LogP) is 5.29. The SMILES string of the molecule is CCOc1ccc(Nc2ncc(C(F)(F)F)c(Nc3ccc([N+](=O)[O-])cc3)n2)cc1. The Labute approximate surface area is 168 Å². The molecule has 0 radical (unpaired) electrons. The van der Waals surface area contributed by atoms with Crippen LogP contribution in [0.15, 0.2) is 54.7 Å². The van der Waals surface area contributed by atoms with Crippen molar-refractivity contribution in [2.45, 2.75) is 13.1 Å². The van der Waals surface area contributed by atoms with Gasteiger partial charge in [-0.1, -0.05) is 0 Å². The van der Waals surface area contributed by atoms with Crippen molar-refractivity contribution in [1.29, 1.82) is 0 Å². The van der Waals surface area contributed by atoms with E-state index in [1.165, 1.54) is 24.3 Å². The number of hydrogen-bond donors (Lipinski definition) is 2. The molecule has 0 spiro atoms. The number of rotatable bonds is 7. The van der Waals surface area contributed by atoms with Crippen molar-refractivity contribution >= 4 is 28.8 Å². The average molecular weight is 419 g/mol. The Balaban J connectivity index is 1.87. The lowest BCUT2D eigenvalue weighted by Gasteiger charge is -2.15. The lowest BCUT2D eigenvalue weighted by Crippen LogP contribution is -2.12. The van der Waals surface area contributed by atoms with Crippen LogP contribution in [0.1, 0.15) is 12.5 Å². The van der Waals surface area contributed by atoms with Crippen LogP contribution in [0.2, 0.25) is 0 Å². The van der Waals surface area contributed by atoms with Gasteiger partial charge in [0, 0.05) is 29.7 Å². The molecule has 0 bridgehead atoms. The molecular weight excluding hydrogens is 403 g/mol. The first kappa shape index (κ1) is 20.8. The maximum absolute atomic E-state index is 13.4. The summed E-state index contributed by atoms with van der Waals surface area (Å²) in [5, 5.41) is 16.1. The van der Waals surface area contributed by atoms with Gasteiger partial charge in [-0.2, -0.15) is 18.2 Å². The standard InChI is InChI=1S/C19H16F3N5O3/c1-2-30-15-9-5-13(6-10-15)25-18-23-11-16(19(20,21)22)17(26-18)24-12-3-7-14(8-4-12)27(28)29/h3-11H,2H2,1H3,(H2,23,24,25,26). The van der Waals surface area contributed by atoms with Gasteiger partial charge in [0.15, 0.2) is 0 Å². The van der Waals surface area contributed by atoms with Crippen LogP contribution in [0.25, 0.3) is 0 Å². The molecule has 0 aliphatic carbocycles. The Morgan fingerprint density at radius 1 is 1.03 bits per heavy atom. The molecule has 0 unspecified atom stereocenters. The van der Waals surface area contributed by atoms with Gasteiger partial charge in [0.25, 0.3) is 5.69 Å². The first-order valence-electron chi connectivity index (χ1n) is 8.72. The zero-order valence-corrected chi connectivity index (χ0v) is 15.6. The van der Waals surface area contributed by atoms with Gasteiger partial charge in [0.2, 0.25) is 5.95 Å². The number of alkyl halides is 3. The highest BCUT2D eigenvalue weighted by Crippen LogP contribution is 2.35. The monoisotopic (exact) mass is 419 g/mol. The number of anilines is 4. The smallest absolute Gasteiger partial charge is 0.421 e. The van der Waals surface area contributed by atoms with Crippen molar-refractivity contribution in [3.63, 3.8) is 0 Å². The molecule has 0 aliphatic heterocycles. The summed E-state index contributed by atoms with van der Waals surface area (Å²) in [7, 11) is 0. The molecule has 0 aliphatic rings. The molecule has 156 valence electrons. The lowest BCUT2D eigenvalue weighted by molar-refractivity contribution is -0.384. The fraction of sp³-hybridized carbons (Fsp3) is 0.158. The first-order chi connectivity index (χ1) is 14.3. The van der Waals surface area contributed by atoms with E-state index in [4.69, 9.17) is 4.74 Å². The van der Waals surface area contributed by atoms with Gasteiger partial charge < -0.3 is 15.4 Å². The van der Waals surface area contributed by atoms with Gasteiger partial charge in [-0.15, -0.1) is 0 Å². The molecule has 3 rings (SSSR count). The summed E-state index contributed by atoms with van der Waals surface area (Å²) in [5.41, 5.74) is -0.494. The number of nitro groups is 1. The van der Waals surface area contributed by atoms with Crippen LogP contribution >= 0.6 is 0 Å². The normalized spacial score (nSPS) is 11.1. The molecular formula is C19H16F3N5O3. The van der Waals surface area contributed by atoms with Gasteiger partial charge in [-0.3, -0.25) is 10.1 Å². The minimum Gasteiger partial charge on any atom is -0.494 e. The highest BCUT2D eigenvalue weighted by molar-refractivity contribution is 5.64. The van der Waals surface area contributed by atoms with E-state index in [0.29, 0.717) is 24.2 Å². The number of nitrogens with zero attached hydrogens (tertiary/aromatic N) is 3. The second kappa shape index (κ2) is 8.64. The highest BCUT2D eigenvalue weighted by atomic mass is 19.4. The van der Waals surface area contributed by atoms with E-state index in [1.54, 1.807) is 24.3 Å². The zero-order valence-electron chi connectivity index (χ0n) is 15.6. The highest BCUT2D eigenvalue weighted by Gasteiger charge is 2.35. The van der Waals surface area contributed by atoms with Crippen LogP contribution in [0, 0.1) is 10.1 Å². The molecule has 3 aromatic rings. The molecule has 2 N–H and O–H groups in total. The Kier molecular flexibility index (Phi) is 6.00. The van der Waals surface area contributed by atoms with Crippen molar-refractivity contribution < 1.29 is 22.8 Å². The largest absolute Gasteiger partial charge is 0.494 e. The van der Waals surface area contributed by atoms with Crippen molar-refractivity contribution in [1.82, 2.24) is 9.97 Å². The Hall–Kier alpha value is -3.89. The summed E-state index contributed by atoms with van der Waals surface area (Å²) in [5.74, 6) is 0.105. The van der Waals surface area contributed by atoms with Crippen LogP contribution in [0.4, 0.5) is 42.0 Å². The third kappa shape index (κ3) is 5.13. The average Bonchev–Trinajstić information content (AvgIpc) is 2.69. The van der Waals surface area contributed by atoms with Crippen molar-refractivity contribution in [2.75, 3.05) is 17.2 Å². The van der Waals surface area contributed by atoms with E-state index < -0.39 is 22.5 Å². The number of halogens is 3. The van der Waals surface area contributed by atoms with E-state index in [2.05, 4.69) is 20.6 Å². The molecule has 0 amide bonds. The van der Waals surface area contributed by atoms with E-state index in [9.17, 15) is 23.3 Å². The van der Waals surface area contributed by atoms with E-state index in [-0.39, 0.29) is 17.3 Å². The van der Waals surface area contributed by atoms with E-state index in [0.717, 1.165) is 0 Å². The number of aromatic nitrogens is 2. The second-order valence-electron chi connectivity index (χ2n) is 5.97. The molecule has 0 saturated carbocycles. The minimum atomic E-state index is -4.69. The number of non-ortho nitro benzene ring substituents is 1. The molecule has 1 aromatic heterocycles. The van der Waals surface area contributed by atoms with Gasteiger partial charge in [0.1, 0.15) is 17.1 Å². The maximum Gasteiger partial charge on any atom is 0.421 e. The molecule has 30 heavy (non-hydrogen) atoms. The van der Waals surface area contributed by atoms with Crippen LogP contribution in [-0.2, 0) is 6.18 Å². The Morgan fingerprint density at radius 2 is 1.63 bits per heavy atom. The number of hydrogen-bond acceptors (Lipinski definition) is 7. The third-order valence-electron chi connectivity index (χ3n) is 3.86. The molecule has 2 aromatic carbocycles. The molecule has 0 saturated heterocycles. The van der Waals surface area contributed by atoms with Crippen molar-refractivity contribution in [2.24, 2.45) is 0 Å². The zero-order chi connectivity index (χ0) is 21.7. The quantitative estimate of drug-likeness (QED) is 0.396. The topological polar surface area (TPSA) is 102 Å². The minimum absolute atomic E-state index is 0.0587. The number of nitrogens with one attached hydrogen (secondary N) is 2. The van der Waals surface area contributed by atoms with Crippen LogP contribution in [0.5, 0.6) is 5.75 Å². The lowest BCUT2D eigenvalue weighted by atomic mass is 10.2. The third-order valence-corrected chi connectivity index (χ3v) is 3.86. The van der Waals surface area contributed by atoms with Crippen molar-refractivity contribution in [3.8, 4) is 5.75 Å². The van der Waals surface area contributed by atoms with Gasteiger partial charge >= 0.3 is 6.18 Å². The first-order valence-corrected chi connectivity index (χ1v) is 8.72. The number of benzene rings is 2. The fourth-order valence-electron chi connectivity index (χ4n) is 2.48. The van der Waals surface area contributed by atoms with Gasteiger partial charge in [-0.25, -0.2) is 4.98 Å². The summed E-state index contributed by atoms with van der Waals surface area (Å²) in [6.07, 6.45) is -4.03. The Morgan fingerprint density at radius 3 is 2.20 bits per heavy atom. The van der Waals surface area contributed by atoms with E-state index in [1.807, 2.05) is 6.92 Å². The van der Waals surface area contributed by atoms with Crippen LogP contribution in [0.3, 0.4) is 0 Å². The summed E-state index contributed by atoms with van der Waals surface area (Å²) in [4.78, 5) is 17.8. The predicted molar refractivity (Wildman–Crippen MR) is 104 cm³/mol. The number of ether oxygens (including phenoxy) is 1. The second-order valence-corrected chi connectivity index (χ2v) is 5.97. The summed E-state index contributed by atoms with van der Waals surface area (Å²) in [6, 6.07) is 11.7. The van der Waals surface area contributed by atoms with E-state index >= 15 is 0 Å². The summed E-state index contributed by atoms with van der Waals surface area (Å²) < 4.78 is 45.4. The fourth-order valence-corrected chi connectivity index (χ4v) is 2.48. The van der Waals surface area contributed by atoms with Crippen LogP contribution in [-0.4, -0.2) is 21.5 Å². The summed E-state index contributed by atoms with van der Waals surface area (Å²) in [6.45, 7) is 2.36. The van der Waals surface area contributed by atoms with Gasteiger partial charge in [-0.05, 0) is 43.3 Å². The van der Waals surface area contributed by atoms with Gasteiger partial charge in [0.05, 0.1) is 11.5 Å². The summed E-state index contributed by atoms with van der Waals surface area (Å²) >= 11 is 0. The Bertz CT molecular complexity index is 1030. The molecule has 8 nitrogen and oxygen atoms in total. The molecule has 0 atom stereocenters. The number of nitro benzene ring substituents is 1. The maximum atomic E-state index is 13.4. The van der Waals surface area contributed by atoms with Crippen LogP contribution < -0.4 is 15.4 Å².